The standard InChI is InChI=1S/C20H20N2OS/c1-15-6-7-18(11-16(15)2)20(23)22(12-17-8-10-24-14-17)13-19-5-3-4-9-21-19/h3-11,14H,12-13H2,1-2H3. The van der Waals surface area contributed by atoms with Crippen molar-refractivity contribution in [2.24, 2.45) is 0 Å². The van der Waals surface area contributed by atoms with Gasteiger partial charge in [0.25, 0.3) is 5.91 Å². The molecule has 0 bridgehead atoms. The lowest BCUT2D eigenvalue weighted by atomic mass is 10.1. The predicted molar refractivity (Wildman–Crippen MR) is 98.0 cm³/mol. The van der Waals surface area contributed by atoms with E-state index in [2.05, 4.69) is 23.4 Å². The molecule has 0 aliphatic heterocycles. The summed E-state index contributed by atoms with van der Waals surface area (Å²) in [7, 11) is 0. The van der Waals surface area contributed by atoms with Gasteiger partial charge in [0, 0.05) is 18.3 Å². The Morgan fingerprint density at radius 3 is 2.62 bits per heavy atom. The van der Waals surface area contributed by atoms with E-state index < -0.39 is 0 Å². The van der Waals surface area contributed by atoms with Crippen LogP contribution in [0.4, 0.5) is 0 Å². The van der Waals surface area contributed by atoms with Crippen LogP contribution in [0.25, 0.3) is 0 Å². The fourth-order valence-corrected chi connectivity index (χ4v) is 3.21. The second-order valence-corrected chi connectivity index (χ2v) is 6.69. The molecule has 0 saturated carbocycles. The first kappa shape index (κ1) is 16.4. The lowest BCUT2D eigenvalue weighted by Crippen LogP contribution is -2.30. The maximum atomic E-state index is 13.0. The van der Waals surface area contributed by atoms with Gasteiger partial charge in [0.1, 0.15) is 0 Å². The second-order valence-electron chi connectivity index (χ2n) is 5.91. The molecule has 0 fully saturated rings. The summed E-state index contributed by atoms with van der Waals surface area (Å²) in [5.41, 5.74) is 5.09. The van der Waals surface area contributed by atoms with E-state index in [0.29, 0.717) is 13.1 Å². The minimum atomic E-state index is 0.0370. The first-order valence-electron chi connectivity index (χ1n) is 7.91. The molecule has 3 rings (SSSR count). The number of rotatable bonds is 5. The third kappa shape index (κ3) is 3.89. The molecule has 0 N–H and O–H groups in total. The minimum Gasteiger partial charge on any atom is -0.328 e. The van der Waals surface area contributed by atoms with Crippen LogP contribution in [0.3, 0.4) is 0 Å². The van der Waals surface area contributed by atoms with E-state index in [4.69, 9.17) is 0 Å². The molecule has 3 nitrogen and oxygen atoms in total. The van der Waals surface area contributed by atoms with E-state index in [0.717, 1.165) is 22.4 Å². The maximum absolute atomic E-state index is 13.0. The molecule has 122 valence electrons. The van der Waals surface area contributed by atoms with E-state index in [1.165, 1.54) is 5.56 Å². The highest BCUT2D eigenvalue weighted by molar-refractivity contribution is 7.07. The van der Waals surface area contributed by atoms with Gasteiger partial charge in [0.2, 0.25) is 0 Å². The van der Waals surface area contributed by atoms with Crippen molar-refractivity contribution >= 4 is 17.2 Å². The monoisotopic (exact) mass is 336 g/mol. The average Bonchev–Trinajstić information content (AvgIpc) is 3.10. The lowest BCUT2D eigenvalue weighted by Gasteiger charge is -2.22. The highest BCUT2D eigenvalue weighted by atomic mass is 32.1. The van der Waals surface area contributed by atoms with Gasteiger partial charge in [-0.1, -0.05) is 12.1 Å². The summed E-state index contributed by atoms with van der Waals surface area (Å²) in [5, 5.41) is 4.12. The van der Waals surface area contributed by atoms with Gasteiger partial charge in [0.15, 0.2) is 0 Å². The van der Waals surface area contributed by atoms with Crippen LogP contribution in [0, 0.1) is 13.8 Å². The molecule has 24 heavy (non-hydrogen) atoms. The van der Waals surface area contributed by atoms with Gasteiger partial charge in [0.05, 0.1) is 12.2 Å². The molecular formula is C20H20N2OS. The number of aromatic nitrogens is 1. The van der Waals surface area contributed by atoms with Gasteiger partial charge in [-0.05, 0) is 71.6 Å². The first-order chi connectivity index (χ1) is 11.6. The Bertz CT molecular complexity index is 813. The summed E-state index contributed by atoms with van der Waals surface area (Å²) >= 11 is 1.65. The molecule has 0 aliphatic rings. The van der Waals surface area contributed by atoms with E-state index in [1.807, 2.05) is 53.6 Å². The summed E-state index contributed by atoms with van der Waals surface area (Å²) in [6, 6.07) is 13.7. The number of hydrogen-bond acceptors (Lipinski definition) is 3. The third-order valence-electron chi connectivity index (χ3n) is 4.07. The molecule has 0 aliphatic carbocycles. The van der Waals surface area contributed by atoms with Crippen molar-refractivity contribution in [1.29, 1.82) is 0 Å². The van der Waals surface area contributed by atoms with Gasteiger partial charge >= 0.3 is 0 Å². The largest absolute Gasteiger partial charge is 0.328 e. The smallest absolute Gasteiger partial charge is 0.254 e. The maximum Gasteiger partial charge on any atom is 0.254 e. The van der Waals surface area contributed by atoms with Gasteiger partial charge in [-0.2, -0.15) is 11.3 Å². The molecule has 0 unspecified atom stereocenters. The molecule has 1 amide bonds. The number of pyridine rings is 1. The molecule has 1 aromatic carbocycles. The molecule has 4 heteroatoms. The quantitative estimate of drug-likeness (QED) is 0.682. The van der Waals surface area contributed by atoms with Crippen LogP contribution in [-0.4, -0.2) is 15.8 Å². The highest BCUT2D eigenvalue weighted by Gasteiger charge is 2.18. The summed E-state index contributed by atoms with van der Waals surface area (Å²) in [5.74, 6) is 0.0370. The molecule has 2 heterocycles. The fraction of sp³-hybridized carbons (Fsp3) is 0.200. The SMILES string of the molecule is Cc1ccc(C(=O)N(Cc2ccsc2)Cc2ccccn2)cc1C. The van der Waals surface area contributed by atoms with Crippen molar-refractivity contribution in [3.05, 3.63) is 87.4 Å². The van der Waals surface area contributed by atoms with Crippen LogP contribution in [-0.2, 0) is 13.1 Å². The molecule has 0 atom stereocenters. The van der Waals surface area contributed by atoms with E-state index in [9.17, 15) is 4.79 Å². The van der Waals surface area contributed by atoms with Crippen LogP contribution in [0.1, 0.15) is 32.7 Å². The molecular weight excluding hydrogens is 316 g/mol. The van der Waals surface area contributed by atoms with Crippen LogP contribution >= 0.6 is 11.3 Å². The van der Waals surface area contributed by atoms with E-state index in [1.54, 1.807) is 17.5 Å². The summed E-state index contributed by atoms with van der Waals surface area (Å²) in [6.45, 7) is 5.18. The Morgan fingerprint density at radius 2 is 1.96 bits per heavy atom. The van der Waals surface area contributed by atoms with Crippen molar-refractivity contribution in [1.82, 2.24) is 9.88 Å². The molecule has 0 spiro atoms. The lowest BCUT2D eigenvalue weighted by molar-refractivity contribution is 0.0728. The summed E-state index contributed by atoms with van der Waals surface area (Å²) in [4.78, 5) is 19.3. The summed E-state index contributed by atoms with van der Waals surface area (Å²) < 4.78 is 0. The van der Waals surface area contributed by atoms with Crippen LogP contribution in [0.2, 0.25) is 0 Å². The first-order valence-corrected chi connectivity index (χ1v) is 8.85. The number of hydrogen-bond donors (Lipinski definition) is 0. The predicted octanol–water partition coefficient (Wildman–Crippen LogP) is 4.60. The normalized spacial score (nSPS) is 10.6. The van der Waals surface area contributed by atoms with E-state index in [-0.39, 0.29) is 5.91 Å². The number of thiophene rings is 1. The Morgan fingerprint density at radius 1 is 1.08 bits per heavy atom. The zero-order valence-corrected chi connectivity index (χ0v) is 14.7. The number of carbonyl (C=O) groups excluding carboxylic acids is 1. The van der Waals surface area contributed by atoms with Crippen molar-refractivity contribution in [2.45, 2.75) is 26.9 Å². The fourth-order valence-electron chi connectivity index (χ4n) is 2.55. The number of nitrogens with zero attached hydrogens (tertiary/aromatic N) is 2. The van der Waals surface area contributed by atoms with Crippen LogP contribution in [0.15, 0.2) is 59.4 Å². The number of carbonyl (C=O) groups is 1. The van der Waals surface area contributed by atoms with Gasteiger partial charge in [-0.15, -0.1) is 0 Å². The van der Waals surface area contributed by atoms with Crippen LogP contribution < -0.4 is 0 Å². The van der Waals surface area contributed by atoms with E-state index >= 15 is 0 Å². The average molecular weight is 336 g/mol. The third-order valence-corrected chi connectivity index (χ3v) is 4.81. The molecule has 0 radical (unpaired) electrons. The van der Waals surface area contributed by atoms with Gasteiger partial charge < -0.3 is 4.90 Å². The zero-order valence-electron chi connectivity index (χ0n) is 13.9. The Kier molecular flexibility index (Phi) is 5.06. The molecule has 3 aromatic rings. The number of amides is 1. The second kappa shape index (κ2) is 7.41. The highest BCUT2D eigenvalue weighted by Crippen LogP contribution is 2.17. The van der Waals surface area contributed by atoms with Crippen LogP contribution in [0.5, 0.6) is 0 Å². The van der Waals surface area contributed by atoms with Gasteiger partial charge in [-0.25, -0.2) is 0 Å². The number of benzene rings is 1. The number of aryl methyl sites for hydroxylation is 2. The van der Waals surface area contributed by atoms with Crippen molar-refractivity contribution < 1.29 is 4.79 Å². The molecule has 0 saturated heterocycles. The topological polar surface area (TPSA) is 33.2 Å². The minimum absolute atomic E-state index is 0.0370. The Labute approximate surface area is 146 Å². The van der Waals surface area contributed by atoms with Crippen molar-refractivity contribution in [3.63, 3.8) is 0 Å². The molecule has 2 aromatic heterocycles. The Balaban J connectivity index is 1.87. The zero-order chi connectivity index (χ0) is 16.9. The Hall–Kier alpha value is -2.46. The van der Waals surface area contributed by atoms with Gasteiger partial charge in [-0.3, -0.25) is 9.78 Å². The van der Waals surface area contributed by atoms with Crippen molar-refractivity contribution in [3.8, 4) is 0 Å². The van der Waals surface area contributed by atoms with Crippen molar-refractivity contribution in [2.75, 3.05) is 0 Å². The summed E-state index contributed by atoms with van der Waals surface area (Å²) in [6.07, 6.45) is 1.76.